The molecule has 0 unspecified atom stereocenters. The summed E-state index contributed by atoms with van der Waals surface area (Å²) in [6.45, 7) is -3.00. The molecule has 0 radical (unpaired) electrons. The molecule has 28 heavy (non-hydrogen) atoms. The first-order valence-electron chi connectivity index (χ1n) is 7.52. The number of aromatic nitrogens is 3. The number of pyridine rings is 1. The van der Waals surface area contributed by atoms with E-state index in [-0.39, 0.29) is 57.8 Å². The fourth-order valence-corrected chi connectivity index (χ4v) is 3.60. The van der Waals surface area contributed by atoms with E-state index in [0.717, 1.165) is 0 Å². The minimum absolute atomic E-state index is 0. The fraction of sp³-hybridized carbons (Fsp3) is 0.250. The zero-order chi connectivity index (χ0) is 19.6. The topological polar surface area (TPSA) is 102 Å². The number of methoxy groups -OCH3 is 2. The largest absolute Gasteiger partial charge is 1.00 e. The van der Waals surface area contributed by atoms with Crippen molar-refractivity contribution in [3.8, 4) is 17.2 Å². The third-order valence-corrected chi connectivity index (χ3v) is 4.97. The SMILES string of the molecule is COc1ccnc(CS(=O)(=O)c2nc3cc(OC(F)F)ccc3[n-]2)c1OC.[Na+]. The zero-order valence-electron chi connectivity index (χ0n) is 15.2. The molecule has 0 spiro atoms. The van der Waals surface area contributed by atoms with Crippen LogP contribution >= 0.6 is 0 Å². The number of halogens is 2. The second-order valence-electron chi connectivity index (χ2n) is 5.29. The minimum Gasteiger partial charge on any atom is -0.493 e. The molecule has 144 valence electrons. The number of hydrogen-bond acceptors (Lipinski definition) is 7. The number of hydrogen-bond donors (Lipinski definition) is 0. The number of imidazole rings is 1. The molecule has 3 rings (SSSR count). The van der Waals surface area contributed by atoms with Crippen LogP contribution < -0.4 is 48.8 Å². The molecule has 2 heterocycles. The van der Waals surface area contributed by atoms with E-state index in [0.29, 0.717) is 5.75 Å². The second kappa shape index (κ2) is 9.03. The quantitative estimate of drug-likeness (QED) is 0.457. The summed E-state index contributed by atoms with van der Waals surface area (Å²) in [5.41, 5.74) is 0.491. The van der Waals surface area contributed by atoms with Crippen LogP contribution in [0.2, 0.25) is 0 Å². The van der Waals surface area contributed by atoms with Crippen molar-refractivity contribution in [2.45, 2.75) is 17.5 Å². The van der Waals surface area contributed by atoms with Crippen LogP contribution in [0.5, 0.6) is 17.2 Å². The van der Waals surface area contributed by atoms with Gasteiger partial charge in [0.2, 0.25) is 0 Å². The van der Waals surface area contributed by atoms with Crippen molar-refractivity contribution in [3.63, 3.8) is 0 Å². The van der Waals surface area contributed by atoms with Crippen LogP contribution in [0.3, 0.4) is 0 Å². The standard InChI is InChI=1S/C16H14F2N3O5S.Na/c1-24-13-5-6-19-12(14(13)25-2)8-27(22,23)16-20-10-4-3-9(26-15(17)18)7-11(10)21-16;/h3-7,15H,8H2,1-2H3;/q-1;+1. The Bertz CT molecular complexity index is 1080. The van der Waals surface area contributed by atoms with E-state index in [1.807, 2.05) is 0 Å². The van der Waals surface area contributed by atoms with E-state index in [4.69, 9.17) is 9.47 Å². The van der Waals surface area contributed by atoms with Gasteiger partial charge in [-0.05, 0) is 23.2 Å². The van der Waals surface area contributed by atoms with Gasteiger partial charge in [0.05, 0.1) is 14.2 Å². The first kappa shape index (κ1) is 22.3. The van der Waals surface area contributed by atoms with Gasteiger partial charge in [-0.2, -0.15) is 8.78 Å². The summed E-state index contributed by atoms with van der Waals surface area (Å²) < 4.78 is 64.6. The Hall–Kier alpha value is -1.95. The van der Waals surface area contributed by atoms with Gasteiger partial charge in [0, 0.05) is 17.4 Å². The van der Waals surface area contributed by atoms with Crippen LogP contribution in [0.15, 0.2) is 35.6 Å². The van der Waals surface area contributed by atoms with Crippen molar-refractivity contribution in [3.05, 3.63) is 36.2 Å². The van der Waals surface area contributed by atoms with Crippen molar-refractivity contribution in [1.29, 1.82) is 0 Å². The normalized spacial score (nSPS) is 11.3. The van der Waals surface area contributed by atoms with Crippen LogP contribution in [0.1, 0.15) is 5.69 Å². The number of alkyl halides is 2. The Labute approximate surface area is 181 Å². The van der Waals surface area contributed by atoms with E-state index in [1.54, 1.807) is 0 Å². The average molecular weight is 421 g/mol. The Kier molecular flexibility index (Phi) is 7.21. The molecule has 1 aromatic carbocycles. The molecule has 0 fully saturated rings. The fourth-order valence-electron chi connectivity index (χ4n) is 2.43. The summed E-state index contributed by atoms with van der Waals surface area (Å²) >= 11 is 0. The summed E-state index contributed by atoms with van der Waals surface area (Å²) in [5, 5.41) is -0.446. The average Bonchev–Trinajstić information content (AvgIpc) is 3.05. The molecular weight excluding hydrogens is 407 g/mol. The van der Waals surface area contributed by atoms with Gasteiger partial charge in [-0.25, -0.2) is 8.42 Å². The van der Waals surface area contributed by atoms with E-state index in [9.17, 15) is 17.2 Å². The molecule has 0 amide bonds. The summed E-state index contributed by atoms with van der Waals surface area (Å²) in [6.07, 6.45) is 1.39. The molecule has 0 saturated heterocycles. The third-order valence-electron chi connectivity index (χ3n) is 3.58. The smallest absolute Gasteiger partial charge is 0.493 e. The minimum atomic E-state index is -3.98. The van der Waals surface area contributed by atoms with Gasteiger partial charge >= 0.3 is 36.2 Å². The van der Waals surface area contributed by atoms with Crippen molar-refractivity contribution in [1.82, 2.24) is 15.0 Å². The van der Waals surface area contributed by atoms with Crippen LogP contribution in [0.25, 0.3) is 11.0 Å². The molecule has 0 aliphatic carbocycles. The molecule has 0 N–H and O–H groups in total. The molecular formula is C16H14F2N3NaO5S. The van der Waals surface area contributed by atoms with E-state index >= 15 is 0 Å². The molecule has 0 bridgehead atoms. The molecule has 2 aromatic heterocycles. The Morgan fingerprint density at radius 1 is 1.18 bits per heavy atom. The first-order valence-corrected chi connectivity index (χ1v) is 9.17. The monoisotopic (exact) mass is 421 g/mol. The predicted molar refractivity (Wildman–Crippen MR) is 89.9 cm³/mol. The van der Waals surface area contributed by atoms with Gasteiger partial charge in [0.1, 0.15) is 17.2 Å². The van der Waals surface area contributed by atoms with Gasteiger partial charge in [-0.1, -0.05) is 6.07 Å². The second-order valence-corrected chi connectivity index (χ2v) is 7.17. The van der Waals surface area contributed by atoms with Crippen molar-refractivity contribution < 1.29 is 61.0 Å². The van der Waals surface area contributed by atoms with Crippen LogP contribution in [-0.2, 0) is 15.6 Å². The zero-order valence-corrected chi connectivity index (χ0v) is 18.0. The first-order chi connectivity index (χ1) is 12.8. The van der Waals surface area contributed by atoms with Gasteiger partial charge in [-0.3, -0.25) is 4.98 Å². The van der Waals surface area contributed by atoms with Crippen LogP contribution in [-0.4, -0.2) is 39.2 Å². The molecule has 0 aliphatic heterocycles. The van der Waals surface area contributed by atoms with Gasteiger partial charge in [-0.15, -0.1) is 0 Å². The predicted octanol–water partition coefficient (Wildman–Crippen LogP) is -0.816. The number of ether oxygens (including phenoxy) is 3. The Morgan fingerprint density at radius 3 is 2.57 bits per heavy atom. The summed E-state index contributed by atoms with van der Waals surface area (Å²) in [7, 11) is -1.19. The maximum atomic E-state index is 12.7. The number of nitrogens with zero attached hydrogens (tertiary/aromatic N) is 3. The van der Waals surface area contributed by atoms with Gasteiger partial charge < -0.3 is 24.2 Å². The number of fused-ring (bicyclic) bond motifs is 1. The molecule has 12 heteroatoms. The maximum absolute atomic E-state index is 12.7. The summed E-state index contributed by atoms with van der Waals surface area (Å²) in [5.74, 6) is -0.144. The Balaban J connectivity index is 0.00000280. The van der Waals surface area contributed by atoms with Crippen molar-refractivity contribution in [2.75, 3.05) is 14.2 Å². The van der Waals surface area contributed by atoms with Crippen molar-refractivity contribution >= 4 is 20.9 Å². The Morgan fingerprint density at radius 2 is 1.93 bits per heavy atom. The number of benzene rings is 1. The number of rotatable bonds is 7. The molecule has 0 atom stereocenters. The molecule has 8 nitrogen and oxygen atoms in total. The van der Waals surface area contributed by atoms with Crippen LogP contribution in [0, 0.1) is 0 Å². The molecule has 3 aromatic rings. The summed E-state index contributed by atoms with van der Waals surface area (Å²) in [6, 6.07) is 5.33. The van der Waals surface area contributed by atoms with Crippen LogP contribution in [0.4, 0.5) is 8.78 Å². The maximum Gasteiger partial charge on any atom is 1.00 e. The van der Waals surface area contributed by atoms with Gasteiger partial charge in [0.25, 0.3) is 0 Å². The van der Waals surface area contributed by atoms with Crippen molar-refractivity contribution in [2.24, 2.45) is 0 Å². The van der Waals surface area contributed by atoms with E-state index in [1.165, 1.54) is 44.7 Å². The van der Waals surface area contributed by atoms with E-state index < -0.39 is 27.4 Å². The third kappa shape index (κ3) is 4.72. The molecule has 0 aliphatic rings. The summed E-state index contributed by atoms with van der Waals surface area (Å²) in [4.78, 5) is 11.9. The van der Waals surface area contributed by atoms with Gasteiger partial charge in [0.15, 0.2) is 21.3 Å². The number of sulfone groups is 1. The van der Waals surface area contributed by atoms with E-state index in [2.05, 4.69) is 19.7 Å². The molecule has 0 saturated carbocycles.